The molecule has 5 rings (SSSR count). The number of morpholine rings is 1. The molecule has 1 aromatic carbocycles. The van der Waals surface area contributed by atoms with Crippen LogP contribution in [0.1, 0.15) is 21.6 Å². The van der Waals surface area contributed by atoms with E-state index in [9.17, 15) is 4.79 Å². The first-order valence-corrected chi connectivity index (χ1v) is 9.94. The van der Waals surface area contributed by atoms with Crippen molar-refractivity contribution in [3.63, 3.8) is 0 Å². The number of halogens is 1. The van der Waals surface area contributed by atoms with Crippen molar-refractivity contribution in [2.24, 2.45) is 0 Å². The largest absolute Gasteiger partial charge is 0.378 e. The smallest absolute Gasteiger partial charge is 0.274 e. The van der Waals surface area contributed by atoms with E-state index in [0.717, 1.165) is 38.2 Å². The fourth-order valence-corrected chi connectivity index (χ4v) is 4.11. The predicted octanol–water partition coefficient (Wildman–Crippen LogP) is 3.02. The second-order valence-corrected chi connectivity index (χ2v) is 7.71. The van der Waals surface area contributed by atoms with Crippen molar-refractivity contribution < 1.29 is 9.53 Å². The van der Waals surface area contributed by atoms with Gasteiger partial charge in [-0.2, -0.15) is 5.10 Å². The van der Waals surface area contributed by atoms with Gasteiger partial charge in [-0.15, -0.1) is 0 Å². The van der Waals surface area contributed by atoms with Crippen LogP contribution in [0.5, 0.6) is 0 Å². The van der Waals surface area contributed by atoms with Crippen LogP contribution in [0.2, 0.25) is 5.02 Å². The number of carbonyl (C=O) groups excluding carboxylic acids is 1. The van der Waals surface area contributed by atoms with Crippen molar-refractivity contribution in [2.75, 3.05) is 37.7 Å². The number of amides is 1. The molecule has 28 heavy (non-hydrogen) atoms. The Bertz CT molecular complexity index is 1040. The molecular formula is C21H21ClN4O2. The quantitative estimate of drug-likeness (QED) is 0.668. The monoisotopic (exact) mass is 396 g/mol. The first-order valence-electron chi connectivity index (χ1n) is 9.56. The Balaban J connectivity index is 1.35. The molecule has 7 heteroatoms. The van der Waals surface area contributed by atoms with Crippen LogP contribution < -0.4 is 4.90 Å². The fourth-order valence-electron chi connectivity index (χ4n) is 3.96. The molecule has 0 spiro atoms. The molecule has 0 unspecified atom stereocenters. The van der Waals surface area contributed by atoms with Crippen molar-refractivity contribution in [1.82, 2.24) is 14.5 Å². The second-order valence-electron chi connectivity index (χ2n) is 7.28. The van der Waals surface area contributed by atoms with Crippen LogP contribution in [0.3, 0.4) is 0 Å². The zero-order valence-electron chi connectivity index (χ0n) is 15.5. The molecule has 1 amide bonds. The van der Waals surface area contributed by atoms with Crippen LogP contribution >= 0.6 is 11.6 Å². The van der Waals surface area contributed by atoms with Crippen molar-refractivity contribution in [3.8, 4) is 0 Å². The van der Waals surface area contributed by atoms with E-state index >= 15 is 0 Å². The number of aromatic nitrogens is 2. The van der Waals surface area contributed by atoms with Crippen LogP contribution in [0.15, 0.2) is 42.6 Å². The maximum atomic E-state index is 13.0. The summed E-state index contributed by atoms with van der Waals surface area (Å²) in [6, 6.07) is 12.1. The molecule has 2 aromatic heterocycles. The highest BCUT2D eigenvalue weighted by atomic mass is 35.5. The summed E-state index contributed by atoms with van der Waals surface area (Å²) in [6.45, 7) is 4.75. The van der Waals surface area contributed by atoms with Gasteiger partial charge in [0, 0.05) is 38.1 Å². The summed E-state index contributed by atoms with van der Waals surface area (Å²) in [7, 11) is 0. The summed E-state index contributed by atoms with van der Waals surface area (Å²) in [5.41, 5.74) is 5.10. The average molecular weight is 397 g/mol. The third kappa shape index (κ3) is 3.23. The summed E-state index contributed by atoms with van der Waals surface area (Å²) in [5, 5.41) is 5.00. The van der Waals surface area contributed by atoms with Gasteiger partial charge in [-0.3, -0.25) is 4.79 Å². The average Bonchev–Trinajstić information content (AvgIpc) is 3.16. The molecule has 0 N–H and O–H groups in total. The van der Waals surface area contributed by atoms with E-state index in [2.05, 4.69) is 28.2 Å². The number of hydrogen-bond donors (Lipinski definition) is 0. The van der Waals surface area contributed by atoms with Crippen LogP contribution in [-0.4, -0.2) is 53.3 Å². The van der Waals surface area contributed by atoms with Gasteiger partial charge in [-0.25, -0.2) is 4.52 Å². The fraction of sp³-hybridized carbons (Fsp3) is 0.333. The molecule has 2 aliphatic heterocycles. The summed E-state index contributed by atoms with van der Waals surface area (Å²) < 4.78 is 7.10. The molecule has 4 heterocycles. The summed E-state index contributed by atoms with van der Waals surface area (Å²) in [5.74, 6) is -0.0391. The number of ether oxygens (including phenoxy) is 1. The van der Waals surface area contributed by atoms with E-state index in [-0.39, 0.29) is 5.91 Å². The highest BCUT2D eigenvalue weighted by Gasteiger charge is 2.24. The molecule has 6 nitrogen and oxygen atoms in total. The highest BCUT2D eigenvalue weighted by Crippen LogP contribution is 2.26. The molecule has 2 aliphatic rings. The van der Waals surface area contributed by atoms with Gasteiger partial charge in [-0.05, 0) is 47.9 Å². The lowest BCUT2D eigenvalue weighted by Crippen LogP contribution is -2.37. The normalized spacial score (nSPS) is 17.0. The van der Waals surface area contributed by atoms with E-state index in [1.807, 2.05) is 17.0 Å². The van der Waals surface area contributed by atoms with Crippen molar-refractivity contribution in [1.29, 1.82) is 0 Å². The zero-order valence-corrected chi connectivity index (χ0v) is 16.2. The van der Waals surface area contributed by atoms with Crippen LogP contribution in [-0.2, 0) is 17.7 Å². The minimum absolute atomic E-state index is 0.0391. The predicted molar refractivity (Wildman–Crippen MR) is 108 cm³/mol. The lowest BCUT2D eigenvalue weighted by Gasteiger charge is -2.32. The topological polar surface area (TPSA) is 50.1 Å². The number of pyridine rings is 1. The number of anilines is 1. The lowest BCUT2D eigenvalue weighted by molar-refractivity contribution is 0.0728. The molecule has 1 fully saturated rings. The number of rotatable bonds is 2. The van der Waals surface area contributed by atoms with Gasteiger partial charge in [0.15, 0.2) is 5.69 Å². The molecule has 1 saturated heterocycles. The Morgan fingerprint density at radius 2 is 1.89 bits per heavy atom. The number of hydrogen-bond acceptors (Lipinski definition) is 4. The number of fused-ring (bicyclic) bond motifs is 2. The summed E-state index contributed by atoms with van der Waals surface area (Å²) in [6.07, 6.45) is 2.57. The summed E-state index contributed by atoms with van der Waals surface area (Å²) in [4.78, 5) is 17.2. The zero-order chi connectivity index (χ0) is 19.1. The Labute approximate surface area is 168 Å². The SMILES string of the molecule is O=C(c1cc2ccc(Cl)cn2n1)N1CCc2cc(N3CCOCC3)ccc2C1. The van der Waals surface area contributed by atoms with E-state index in [1.165, 1.54) is 16.8 Å². The van der Waals surface area contributed by atoms with E-state index in [0.29, 0.717) is 23.8 Å². The van der Waals surface area contributed by atoms with Gasteiger partial charge in [0.1, 0.15) is 0 Å². The van der Waals surface area contributed by atoms with Gasteiger partial charge < -0.3 is 14.5 Å². The van der Waals surface area contributed by atoms with Crippen molar-refractivity contribution in [3.05, 3.63) is 64.4 Å². The van der Waals surface area contributed by atoms with Crippen LogP contribution in [0.4, 0.5) is 5.69 Å². The molecule has 0 saturated carbocycles. The van der Waals surface area contributed by atoms with Gasteiger partial charge in [0.2, 0.25) is 0 Å². The Morgan fingerprint density at radius 3 is 2.75 bits per heavy atom. The first kappa shape index (κ1) is 17.5. The van der Waals surface area contributed by atoms with Crippen LogP contribution in [0, 0.1) is 0 Å². The first-order chi connectivity index (χ1) is 13.7. The molecule has 0 bridgehead atoms. The van der Waals surface area contributed by atoms with Crippen LogP contribution in [0.25, 0.3) is 5.52 Å². The number of nitrogens with zero attached hydrogens (tertiary/aromatic N) is 4. The van der Waals surface area contributed by atoms with Gasteiger partial charge in [-0.1, -0.05) is 17.7 Å². The minimum atomic E-state index is -0.0391. The molecular weight excluding hydrogens is 376 g/mol. The van der Waals surface area contributed by atoms with Crippen molar-refractivity contribution >= 4 is 28.7 Å². The summed E-state index contributed by atoms with van der Waals surface area (Å²) >= 11 is 6.01. The van der Waals surface area contributed by atoms with E-state index < -0.39 is 0 Å². The number of benzene rings is 1. The molecule has 0 radical (unpaired) electrons. The standard InChI is InChI=1S/C21H21ClN4O2/c22-17-2-4-19-12-20(23-26(19)14-17)21(27)25-6-5-15-11-18(3-1-16(15)13-25)24-7-9-28-10-8-24/h1-4,11-12,14H,5-10,13H2. The van der Waals surface area contributed by atoms with Gasteiger partial charge >= 0.3 is 0 Å². The highest BCUT2D eigenvalue weighted by molar-refractivity contribution is 6.30. The Morgan fingerprint density at radius 1 is 1.04 bits per heavy atom. The Kier molecular flexibility index (Phi) is 4.45. The molecule has 144 valence electrons. The second kappa shape index (κ2) is 7.11. The van der Waals surface area contributed by atoms with Gasteiger partial charge in [0.25, 0.3) is 5.91 Å². The maximum absolute atomic E-state index is 13.0. The Hall–Kier alpha value is -2.57. The third-order valence-electron chi connectivity index (χ3n) is 5.51. The molecule has 0 atom stereocenters. The molecule has 0 aliphatic carbocycles. The number of carbonyl (C=O) groups is 1. The third-order valence-corrected chi connectivity index (χ3v) is 5.73. The van der Waals surface area contributed by atoms with E-state index in [4.69, 9.17) is 16.3 Å². The lowest BCUT2D eigenvalue weighted by atomic mass is 9.98. The van der Waals surface area contributed by atoms with Crippen molar-refractivity contribution in [2.45, 2.75) is 13.0 Å². The maximum Gasteiger partial charge on any atom is 0.274 e. The molecule has 3 aromatic rings. The van der Waals surface area contributed by atoms with Gasteiger partial charge in [0.05, 0.1) is 23.8 Å². The van der Waals surface area contributed by atoms with E-state index in [1.54, 1.807) is 16.8 Å². The minimum Gasteiger partial charge on any atom is -0.378 e.